The molecule has 1 heterocycles. The molecule has 0 aromatic carbocycles. The summed E-state index contributed by atoms with van der Waals surface area (Å²) >= 11 is 5.64. The quantitative estimate of drug-likeness (QED) is 0.805. The van der Waals surface area contributed by atoms with E-state index in [1.807, 2.05) is 0 Å². The van der Waals surface area contributed by atoms with Crippen molar-refractivity contribution in [1.29, 1.82) is 0 Å². The van der Waals surface area contributed by atoms with Gasteiger partial charge in [-0.25, -0.2) is 0 Å². The van der Waals surface area contributed by atoms with Crippen molar-refractivity contribution < 1.29 is 9.90 Å². The van der Waals surface area contributed by atoms with E-state index < -0.39 is 5.97 Å². The average molecular weight is 208 g/mol. The summed E-state index contributed by atoms with van der Waals surface area (Å²) in [5.41, 5.74) is 0.592. The number of halogens is 2. The van der Waals surface area contributed by atoms with Gasteiger partial charge in [0.05, 0.1) is 11.4 Å². The van der Waals surface area contributed by atoms with Crippen LogP contribution in [0.5, 0.6) is 0 Å². The topological polar surface area (TPSA) is 50.2 Å². The maximum atomic E-state index is 10.2. The second kappa shape index (κ2) is 4.95. The van der Waals surface area contributed by atoms with E-state index in [1.165, 1.54) is 12.4 Å². The van der Waals surface area contributed by atoms with Gasteiger partial charge in [0, 0.05) is 12.4 Å². The van der Waals surface area contributed by atoms with Crippen LogP contribution in [0.3, 0.4) is 0 Å². The molecule has 0 unspecified atom stereocenters. The summed E-state index contributed by atoms with van der Waals surface area (Å²) in [5, 5.41) is 8.81. The van der Waals surface area contributed by atoms with E-state index >= 15 is 0 Å². The number of rotatable bonds is 2. The molecule has 66 valence electrons. The van der Waals surface area contributed by atoms with Gasteiger partial charge < -0.3 is 5.11 Å². The average Bonchev–Trinajstić information content (AvgIpc) is 1.93. The van der Waals surface area contributed by atoms with Crippen LogP contribution in [0.25, 0.3) is 0 Å². The lowest BCUT2D eigenvalue weighted by molar-refractivity contribution is -0.136. The smallest absolute Gasteiger partial charge is 0.307 e. The Morgan fingerprint density at radius 2 is 2.33 bits per heavy atom. The van der Waals surface area contributed by atoms with E-state index in [4.69, 9.17) is 16.7 Å². The highest BCUT2D eigenvalue weighted by Crippen LogP contribution is 2.13. The van der Waals surface area contributed by atoms with Gasteiger partial charge in [-0.05, 0) is 11.6 Å². The normalized spacial score (nSPS) is 8.75. The molecule has 1 rings (SSSR count). The highest BCUT2D eigenvalue weighted by atomic mass is 35.5. The van der Waals surface area contributed by atoms with Gasteiger partial charge in [0.15, 0.2) is 0 Å². The zero-order valence-corrected chi connectivity index (χ0v) is 7.60. The zero-order valence-electron chi connectivity index (χ0n) is 6.03. The van der Waals surface area contributed by atoms with Crippen LogP contribution < -0.4 is 0 Å². The Kier molecular flexibility index (Phi) is 4.62. The Hall–Kier alpha value is -0.800. The molecule has 5 heteroatoms. The Labute approximate surface area is 80.8 Å². The molecule has 0 aliphatic carbocycles. The number of nitrogens with zero attached hydrogens (tertiary/aromatic N) is 1. The van der Waals surface area contributed by atoms with Crippen molar-refractivity contribution in [2.75, 3.05) is 0 Å². The van der Waals surface area contributed by atoms with E-state index in [9.17, 15) is 4.79 Å². The molecule has 0 fully saturated rings. The minimum atomic E-state index is -0.891. The molecule has 0 radical (unpaired) electrons. The maximum absolute atomic E-state index is 10.2. The zero-order chi connectivity index (χ0) is 8.27. The predicted octanol–water partition coefficient (Wildman–Crippen LogP) is 1.78. The first kappa shape index (κ1) is 11.2. The van der Waals surface area contributed by atoms with Gasteiger partial charge in [-0.3, -0.25) is 9.78 Å². The van der Waals surface area contributed by atoms with Gasteiger partial charge in [-0.1, -0.05) is 11.6 Å². The molecule has 0 spiro atoms. The van der Waals surface area contributed by atoms with Crippen molar-refractivity contribution in [1.82, 2.24) is 4.98 Å². The second-order valence-electron chi connectivity index (χ2n) is 2.04. The van der Waals surface area contributed by atoms with Crippen LogP contribution in [0.15, 0.2) is 18.5 Å². The van der Waals surface area contributed by atoms with E-state index in [1.54, 1.807) is 6.07 Å². The molecule has 0 aliphatic rings. The first-order valence-corrected chi connectivity index (χ1v) is 3.38. The molecule has 1 aromatic heterocycles. The molecule has 3 nitrogen and oxygen atoms in total. The van der Waals surface area contributed by atoms with Crippen molar-refractivity contribution >= 4 is 30.0 Å². The number of pyridine rings is 1. The number of hydrogen-bond acceptors (Lipinski definition) is 2. The standard InChI is InChI=1S/C7H6ClNO2.ClH/c8-6-4-9-2-1-5(6)3-7(10)11;/h1-2,4H,3H2,(H,10,11);1H. The summed E-state index contributed by atoms with van der Waals surface area (Å²) in [6.45, 7) is 0. The summed E-state index contributed by atoms with van der Waals surface area (Å²) < 4.78 is 0. The summed E-state index contributed by atoms with van der Waals surface area (Å²) in [6, 6.07) is 1.59. The molecule has 0 saturated carbocycles. The third kappa shape index (κ3) is 3.07. The summed E-state index contributed by atoms with van der Waals surface area (Å²) in [6.07, 6.45) is 2.89. The largest absolute Gasteiger partial charge is 0.481 e. The van der Waals surface area contributed by atoms with Crippen molar-refractivity contribution in [2.45, 2.75) is 6.42 Å². The molecule has 1 N–H and O–H groups in total. The van der Waals surface area contributed by atoms with Crippen LogP contribution in [0.4, 0.5) is 0 Å². The van der Waals surface area contributed by atoms with Crippen LogP contribution in [0.1, 0.15) is 5.56 Å². The first-order valence-electron chi connectivity index (χ1n) is 3.00. The molecule has 1 aromatic rings. The maximum Gasteiger partial charge on any atom is 0.307 e. The third-order valence-corrected chi connectivity index (χ3v) is 1.54. The SMILES string of the molecule is Cl.O=C(O)Cc1ccncc1Cl. The number of aliphatic carboxylic acids is 1. The van der Waals surface area contributed by atoms with E-state index in [0.29, 0.717) is 10.6 Å². The first-order chi connectivity index (χ1) is 5.20. The Morgan fingerprint density at radius 1 is 1.67 bits per heavy atom. The summed E-state index contributed by atoms with van der Waals surface area (Å²) in [4.78, 5) is 14.0. The summed E-state index contributed by atoms with van der Waals surface area (Å²) in [5.74, 6) is -0.891. The lowest BCUT2D eigenvalue weighted by atomic mass is 10.2. The lowest BCUT2D eigenvalue weighted by Gasteiger charge is -1.97. The second-order valence-corrected chi connectivity index (χ2v) is 2.44. The van der Waals surface area contributed by atoms with Crippen LogP contribution in [-0.4, -0.2) is 16.1 Å². The molecule has 12 heavy (non-hydrogen) atoms. The molecule has 0 bridgehead atoms. The highest BCUT2D eigenvalue weighted by molar-refractivity contribution is 6.31. The van der Waals surface area contributed by atoms with E-state index in [-0.39, 0.29) is 18.8 Å². The van der Waals surface area contributed by atoms with Crippen molar-refractivity contribution in [3.8, 4) is 0 Å². The third-order valence-electron chi connectivity index (χ3n) is 1.20. The number of carboxylic acids is 1. The monoisotopic (exact) mass is 207 g/mol. The van der Waals surface area contributed by atoms with Crippen LogP contribution in [0.2, 0.25) is 5.02 Å². The number of hydrogen-bond donors (Lipinski definition) is 1. The molecule has 0 aliphatic heterocycles. The van der Waals surface area contributed by atoms with Gasteiger partial charge in [-0.2, -0.15) is 0 Å². The predicted molar refractivity (Wildman–Crippen MR) is 47.8 cm³/mol. The lowest BCUT2D eigenvalue weighted by Crippen LogP contribution is -2.00. The van der Waals surface area contributed by atoms with Crippen LogP contribution in [0, 0.1) is 0 Å². The Bertz CT molecular complexity index is 278. The Balaban J connectivity index is 0.00000121. The van der Waals surface area contributed by atoms with Gasteiger partial charge in [0.25, 0.3) is 0 Å². The fraction of sp³-hybridized carbons (Fsp3) is 0.143. The van der Waals surface area contributed by atoms with E-state index in [2.05, 4.69) is 4.98 Å². The Morgan fingerprint density at radius 3 is 2.83 bits per heavy atom. The van der Waals surface area contributed by atoms with Gasteiger partial charge in [0.1, 0.15) is 0 Å². The number of aromatic nitrogens is 1. The van der Waals surface area contributed by atoms with E-state index in [0.717, 1.165) is 0 Å². The molecule has 0 saturated heterocycles. The molecule has 0 amide bonds. The molecular weight excluding hydrogens is 201 g/mol. The molecule has 0 atom stereocenters. The minimum absolute atomic E-state index is 0. The number of carbonyl (C=O) groups is 1. The molecular formula is C7H7Cl2NO2. The fourth-order valence-electron chi connectivity index (χ4n) is 0.710. The van der Waals surface area contributed by atoms with Gasteiger partial charge >= 0.3 is 5.97 Å². The number of carboxylic acid groups (broad SMARTS) is 1. The van der Waals surface area contributed by atoms with Gasteiger partial charge in [-0.15, -0.1) is 12.4 Å². The van der Waals surface area contributed by atoms with Crippen molar-refractivity contribution in [2.24, 2.45) is 0 Å². The summed E-state index contributed by atoms with van der Waals surface area (Å²) in [7, 11) is 0. The van der Waals surface area contributed by atoms with Crippen molar-refractivity contribution in [3.63, 3.8) is 0 Å². The van der Waals surface area contributed by atoms with Crippen molar-refractivity contribution in [3.05, 3.63) is 29.0 Å². The van der Waals surface area contributed by atoms with Gasteiger partial charge in [0.2, 0.25) is 0 Å². The highest BCUT2D eigenvalue weighted by Gasteiger charge is 2.03. The van der Waals surface area contributed by atoms with Crippen LogP contribution in [-0.2, 0) is 11.2 Å². The minimum Gasteiger partial charge on any atom is -0.481 e. The fourth-order valence-corrected chi connectivity index (χ4v) is 0.896. The van der Waals surface area contributed by atoms with Crippen LogP contribution >= 0.6 is 24.0 Å².